The summed E-state index contributed by atoms with van der Waals surface area (Å²) in [6.45, 7) is 1.45. The molecule has 0 atom stereocenters. The SMILES string of the molecule is OCCCCCCCCCCn1ccnc1. The summed E-state index contributed by atoms with van der Waals surface area (Å²) in [5.41, 5.74) is 0. The van der Waals surface area contributed by atoms with Gasteiger partial charge in [0.15, 0.2) is 0 Å². The largest absolute Gasteiger partial charge is 0.396 e. The number of aliphatic hydroxyl groups is 1. The fourth-order valence-electron chi connectivity index (χ4n) is 1.89. The minimum Gasteiger partial charge on any atom is -0.396 e. The van der Waals surface area contributed by atoms with E-state index in [9.17, 15) is 0 Å². The Kier molecular flexibility index (Phi) is 7.78. The van der Waals surface area contributed by atoms with Crippen molar-refractivity contribution in [1.82, 2.24) is 9.55 Å². The predicted molar refractivity (Wildman–Crippen MR) is 66.2 cm³/mol. The van der Waals surface area contributed by atoms with E-state index in [0.717, 1.165) is 13.0 Å². The maximum Gasteiger partial charge on any atom is 0.0945 e. The van der Waals surface area contributed by atoms with Crippen LogP contribution < -0.4 is 0 Å². The van der Waals surface area contributed by atoms with E-state index in [-0.39, 0.29) is 0 Å². The molecule has 1 aromatic rings. The maximum absolute atomic E-state index is 8.62. The van der Waals surface area contributed by atoms with E-state index in [1.807, 2.05) is 18.7 Å². The molecule has 0 radical (unpaired) electrons. The Balaban J connectivity index is 1.78. The zero-order chi connectivity index (χ0) is 11.5. The molecule has 3 heteroatoms. The summed E-state index contributed by atoms with van der Waals surface area (Å²) in [6, 6.07) is 0. The summed E-state index contributed by atoms with van der Waals surface area (Å²) in [7, 11) is 0. The smallest absolute Gasteiger partial charge is 0.0945 e. The highest BCUT2D eigenvalue weighted by molar-refractivity contribution is 4.73. The first-order chi connectivity index (χ1) is 7.93. The summed E-state index contributed by atoms with van der Waals surface area (Å²) in [4.78, 5) is 4.02. The molecule has 0 aliphatic rings. The van der Waals surface area contributed by atoms with Crippen LogP contribution in [0.3, 0.4) is 0 Å². The lowest BCUT2D eigenvalue weighted by Crippen LogP contribution is -1.94. The van der Waals surface area contributed by atoms with Gasteiger partial charge in [-0.3, -0.25) is 0 Å². The van der Waals surface area contributed by atoms with E-state index in [1.165, 1.54) is 44.9 Å². The molecule has 92 valence electrons. The third-order valence-corrected chi connectivity index (χ3v) is 2.88. The Morgan fingerprint density at radius 3 is 2.06 bits per heavy atom. The second kappa shape index (κ2) is 9.40. The van der Waals surface area contributed by atoms with Gasteiger partial charge >= 0.3 is 0 Å². The number of aromatic nitrogens is 2. The van der Waals surface area contributed by atoms with Gasteiger partial charge in [0, 0.05) is 25.5 Å². The van der Waals surface area contributed by atoms with Gasteiger partial charge in [-0.1, -0.05) is 38.5 Å². The van der Waals surface area contributed by atoms with E-state index in [2.05, 4.69) is 9.55 Å². The van der Waals surface area contributed by atoms with E-state index < -0.39 is 0 Å². The quantitative estimate of drug-likeness (QED) is 0.620. The van der Waals surface area contributed by atoms with Gasteiger partial charge in [-0.25, -0.2) is 4.98 Å². The van der Waals surface area contributed by atoms with Crippen LogP contribution in [0, 0.1) is 0 Å². The summed E-state index contributed by atoms with van der Waals surface area (Å²) in [6.07, 6.45) is 15.8. The van der Waals surface area contributed by atoms with E-state index in [0.29, 0.717) is 6.61 Å². The fourth-order valence-corrected chi connectivity index (χ4v) is 1.89. The molecule has 0 aliphatic heterocycles. The molecule has 1 heterocycles. The number of aliphatic hydroxyl groups excluding tert-OH is 1. The number of nitrogens with zero attached hydrogens (tertiary/aromatic N) is 2. The molecule has 0 bridgehead atoms. The molecule has 3 nitrogen and oxygen atoms in total. The number of hydrogen-bond acceptors (Lipinski definition) is 2. The van der Waals surface area contributed by atoms with Crippen molar-refractivity contribution in [2.45, 2.75) is 57.9 Å². The predicted octanol–water partition coefficient (Wildman–Crippen LogP) is 3.00. The molecule has 1 N–H and O–H groups in total. The first kappa shape index (κ1) is 13.2. The molecule has 0 fully saturated rings. The van der Waals surface area contributed by atoms with Crippen molar-refractivity contribution in [2.75, 3.05) is 6.61 Å². The van der Waals surface area contributed by atoms with Crippen LogP contribution >= 0.6 is 0 Å². The van der Waals surface area contributed by atoms with Crippen LogP contribution in [-0.2, 0) is 6.54 Å². The Labute approximate surface area is 98.5 Å². The first-order valence-corrected chi connectivity index (χ1v) is 6.50. The number of aryl methyl sites for hydroxylation is 1. The summed E-state index contributed by atoms with van der Waals surface area (Å²) in [5, 5.41) is 8.62. The van der Waals surface area contributed by atoms with Crippen molar-refractivity contribution in [3.63, 3.8) is 0 Å². The zero-order valence-corrected chi connectivity index (χ0v) is 10.1. The normalized spacial score (nSPS) is 10.8. The van der Waals surface area contributed by atoms with E-state index >= 15 is 0 Å². The van der Waals surface area contributed by atoms with Crippen LogP contribution in [0.2, 0.25) is 0 Å². The average Bonchev–Trinajstić information content (AvgIpc) is 2.80. The molecule has 1 aromatic heterocycles. The molecular weight excluding hydrogens is 200 g/mol. The van der Waals surface area contributed by atoms with Crippen LogP contribution in [0.15, 0.2) is 18.7 Å². The molecule has 0 saturated heterocycles. The Bertz CT molecular complexity index is 234. The molecule has 16 heavy (non-hydrogen) atoms. The molecule has 0 unspecified atom stereocenters. The topological polar surface area (TPSA) is 38.0 Å². The zero-order valence-electron chi connectivity index (χ0n) is 10.1. The standard InChI is InChI=1S/C13H24N2O/c16-12-8-6-4-2-1-3-5-7-10-15-11-9-14-13-15/h9,11,13,16H,1-8,10,12H2. The third kappa shape index (κ3) is 6.62. The highest BCUT2D eigenvalue weighted by atomic mass is 16.2. The minimum atomic E-state index is 0.352. The lowest BCUT2D eigenvalue weighted by molar-refractivity contribution is 0.282. The summed E-state index contributed by atoms with van der Waals surface area (Å²) in [5.74, 6) is 0. The Hall–Kier alpha value is -0.830. The highest BCUT2D eigenvalue weighted by Gasteiger charge is 1.93. The van der Waals surface area contributed by atoms with Gasteiger partial charge in [0.05, 0.1) is 6.33 Å². The van der Waals surface area contributed by atoms with Crippen molar-refractivity contribution in [3.05, 3.63) is 18.7 Å². The van der Waals surface area contributed by atoms with Gasteiger partial charge in [-0.2, -0.15) is 0 Å². The van der Waals surface area contributed by atoms with Gasteiger partial charge in [0.1, 0.15) is 0 Å². The number of hydrogen-bond donors (Lipinski definition) is 1. The lowest BCUT2D eigenvalue weighted by Gasteiger charge is -2.02. The second-order valence-corrected chi connectivity index (χ2v) is 4.35. The molecule has 1 rings (SSSR count). The minimum absolute atomic E-state index is 0.352. The first-order valence-electron chi connectivity index (χ1n) is 6.50. The lowest BCUT2D eigenvalue weighted by atomic mass is 10.1. The molecule has 0 aromatic carbocycles. The van der Waals surface area contributed by atoms with Crippen LogP contribution in [-0.4, -0.2) is 21.3 Å². The van der Waals surface area contributed by atoms with Crippen LogP contribution in [0.1, 0.15) is 51.4 Å². The van der Waals surface area contributed by atoms with Gasteiger partial charge in [-0.05, 0) is 12.8 Å². The molecule has 0 spiro atoms. The number of unbranched alkanes of at least 4 members (excludes halogenated alkanes) is 7. The second-order valence-electron chi connectivity index (χ2n) is 4.35. The van der Waals surface area contributed by atoms with Crippen molar-refractivity contribution in [1.29, 1.82) is 0 Å². The number of rotatable bonds is 10. The van der Waals surface area contributed by atoms with E-state index in [1.54, 1.807) is 0 Å². The van der Waals surface area contributed by atoms with Gasteiger partial charge in [-0.15, -0.1) is 0 Å². The van der Waals surface area contributed by atoms with Gasteiger partial charge in [0.25, 0.3) is 0 Å². The molecule has 0 amide bonds. The van der Waals surface area contributed by atoms with Gasteiger partial charge in [0.2, 0.25) is 0 Å². The Morgan fingerprint density at radius 2 is 1.50 bits per heavy atom. The molecule has 0 aliphatic carbocycles. The van der Waals surface area contributed by atoms with Crippen molar-refractivity contribution < 1.29 is 5.11 Å². The van der Waals surface area contributed by atoms with Crippen LogP contribution in [0.4, 0.5) is 0 Å². The Morgan fingerprint density at radius 1 is 0.875 bits per heavy atom. The molecular formula is C13H24N2O. The van der Waals surface area contributed by atoms with Crippen molar-refractivity contribution in [3.8, 4) is 0 Å². The maximum atomic E-state index is 8.62. The average molecular weight is 224 g/mol. The summed E-state index contributed by atoms with van der Waals surface area (Å²) >= 11 is 0. The van der Waals surface area contributed by atoms with E-state index in [4.69, 9.17) is 5.11 Å². The highest BCUT2D eigenvalue weighted by Crippen LogP contribution is 2.08. The third-order valence-electron chi connectivity index (χ3n) is 2.88. The number of imidazole rings is 1. The summed E-state index contributed by atoms with van der Waals surface area (Å²) < 4.78 is 2.14. The van der Waals surface area contributed by atoms with Crippen molar-refractivity contribution >= 4 is 0 Å². The van der Waals surface area contributed by atoms with Gasteiger partial charge < -0.3 is 9.67 Å². The molecule has 0 saturated carbocycles. The monoisotopic (exact) mass is 224 g/mol. The van der Waals surface area contributed by atoms with Crippen molar-refractivity contribution in [2.24, 2.45) is 0 Å². The van der Waals surface area contributed by atoms with Crippen LogP contribution in [0.5, 0.6) is 0 Å². The van der Waals surface area contributed by atoms with Crippen LogP contribution in [0.25, 0.3) is 0 Å². The fraction of sp³-hybridized carbons (Fsp3) is 0.769.